The lowest BCUT2D eigenvalue weighted by Gasteiger charge is -2.35. The first-order chi connectivity index (χ1) is 11.3. The maximum atomic E-state index is 12.6. The van der Waals surface area contributed by atoms with Gasteiger partial charge in [0.25, 0.3) is 0 Å². The van der Waals surface area contributed by atoms with Crippen LogP contribution in [0.4, 0.5) is 4.79 Å². The highest BCUT2D eigenvalue weighted by atomic mass is 16.6. The summed E-state index contributed by atoms with van der Waals surface area (Å²) >= 11 is 0. The molecule has 1 aliphatic rings. The molecule has 0 aromatic heterocycles. The van der Waals surface area contributed by atoms with E-state index in [0.717, 1.165) is 5.56 Å². The highest BCUT2D eigenvalue weighted by molar-refractivity contribution is 5.86. The number of carbonyl (C=O) groups excluding carboxylic acids is 2. The second kappa shape index (κ2) is 7.21. The highest BCUT2D eigenvalue weighted by Crippen LogP contribution is 2.32. The molecule has 1 aliphatic heterocycles. The largest absolute Gasteiger partial charge is 0.459 e. The third-order valence-electron chi connectivity index (χ3n) is 3.96. The summed E-state index contributed by atoms with van der Waals surface area (Å²) in [6.45, 7) is 5.25. The molecule has 1 heterocycles. The average molecular weight is 335 g/mol. The zero-order chi connectivity index (χ0) is 17.8. The molecule has 132 valence electrons. The Morgan fingerprint density at radius 1 is 1.25 bits per heavy atom. The van der Waals surface area contributed by atoms with Gasteiger partial charge in [-0.05, 0) is 39.2 Å². The van der Waals surface area contributed by atoms with Gasteiger partial charge in [0.2, 0.25) is 0 Å². The van der Waals surface area contributed by atoms with Crippen molar-refractivity contribution < 1.29 is 24.2 Å². The number of aliphatic hydroxyl groups excluding tert-OH is 1. The molecule has 6 nitrogen and oxygen atoms in total. The number of amides is 1. The number of nitrogens with zero attached hydrogens (tertiary/aromatic N) is 1. The summed E-state index contributed by atoms with van der Waals surface area (Å²) in [5.74, 6) is -0.600. The van der Waals surface area contributed by atoms with Crippen molar-refractivity contribution in [1.29, 1.82) is 0 Å². The van der Waals surface area contributed by atoms with Crippen LogP contribution in [-0.2, 0) is 20.9 Å². The van der Waals surface area contributed by atoms with Crippen molar-refractivity contribution in [1.82, 2.24) is 4.90 Å². The second-order valence-electron chi connectivity index (χ2n) is 6.99. The van der Waals surface area contributed by atoms with Gasteiger partial charge < -0.3 is 14.6 Å². The number of hydrogen-bond acceptors (Lipinski definition) is 5. The van der Waals surface area contributed by atoms with Crippen molar-refractivity contribution in [2.24, 2.45) is 0 Å². The topological polar surface area (TPSA) is 76.1 Å². The minimum atomic E-state index is -1.36. The Kier molecular flexibility index (Phi) is 5.49. The highest BCUT2D eigenvalue weighted by Gasteiger charge is 2.52. The van der Waals surface area contributed by atoms with Crippen LogP contribution in [0.25, 0.3) is 0 Å². The first kappa shape index (κ1) is 18.3. The number of esters is 1. The molecule has 2 rings (SSSR count). The van der Waals surface area contributed by atoms with Gasteiger partial charge in [0.1, 0.15) is 12.2 Å². The number of hydrogen-bond donors (Lipinski definition) is 1. The Morgan fingerprint density at radius 2 is 1.92 bits per heavy atom. The number of rotatable bonds is 4. The minimum absolute atomic E-state index is 0.101. The molecule has 1 aromatic rings. The van der Waals surface area contributed by atoms with Gasteiger partial charge in [-0.15, -0.1) is 0 Å². The summed E-state index contributed by atoms with van der Waals surface area (Å²) in [5.41, 5.74) is -1.19. The van der Waals surface area contributed by atoms with Crippen molar-refractivity contribution >= 4 is 12.1 Å². The average Bonchev–Trinajstić information content (AvgIpc) is 2.97. The Hall–Kier alpha value is -2.08. The van der Waals surface area contributed by atoms with Gasteiger partial charge in [-0.1, -0.05) is 30.3 Å². The number of carbonyl (C=O) groups is 2. The van der Waals surface area contributed by atoms with Crippen LogP contribution in [0.5, 0.6) is 0 Å². The Balaban J connectivity index is 2.10. The van der Waals surface area contributed by atoms with Crippen LogP contribution < -0.4 is 0 Å². The van der Waals surface area contributed by atoms with Gasteiger partial charge in [-0.25, -0.2) is 9.59 Å². The van der Waals surface area contributed by atoms with Crippen molar-refractivity contribution in [3.05, 3.63) is 35.9 Å². The van der Waals surface area contributed by atoms with Crippen LogP contribution in [0.15, 0.2) is 30.3 Å². The monoisotopic (exact) mass is 335 g/mol. The zero-order valence-corrected chi connectivity index (χ0v) is 14.4. The molecule has 0 saturated carbocycles. The molecular formula is C18H25NO5. The summed E-state index contributed by atoms with van der Waals surface area (Å²) in [5, 5.41) is 9.85. The summed E-state index contributed by atoms with van der Waals surface area (Å²) in [6.07, 6.45) is 0.363. The van der Waals surface area contributed by atoms with Crippen LogP contribution >= 0.6 is 0 Å². The van der Waals surface area contributed by atoms with E-state index in [1.165, 1.54) is 4.90 Å². The summed E-state index contributed by atoms with van der Waals surface area (Å²) in [4.78, 5) is 26.3. The van der Waals surface area contributed by atoms with Crippen LogP contribution in [-0.4, -0.2) is 46.4 Å². The first-order valence-electron chi connectivity index (χ1n) is 8.11. The van der Waals surface area contributed by atoms with E-state index in [-0.39, 0.29) is 6.61 Å². The fourth-order valence-corrected chi connectivity index (χ4v) is 2.76. The lowest BCUT2D eigenvalue weighted by Crippen LogP contribution is -2.57. The lowest BCUT2D eigenvalue weighted by molar-refractivity contribution is -0.160. The molecule has 1 aromatic carbocycles. The van der Waals surface area contributed by atoms with E-state index in [1.54, 1.807) is 20.8 Å². The Labute approximate surface area is 142 Å². The normalized spacial score (nSPS) is 20.8. The van der Waals surface area contributed by atoms with Crippen LogP contribution in [0, 0.1) is 0 Å². The third kappa shape index (κ3) is 4.06. The molecule has 6 heteroatoms. The van der Waals surface area contributed by atoms with E-state index in [9.17, 15) is 14.7 Å². The van der Waals surface area contributed by atoms with Gasteiger partial charge in [0, 0.05) is 6.54 Å². The fraction of sp³-hybridized carbons (Fsp3) is 0.556. The predicted molar refractivity (Wildman–Crippen MR) is 88.2 cm³/mol. The number of ether oxygens (including phenoxy) is 2. The Bertz CT molecular complexity index is 581. The van der Waals surface area contributed by atoms with E-state index in [4.69, 9.17) is 9.47 Å². The van der Waals surface area contributed by atoms with Gasteiger partial charge in [-0.3, -0.25) is 4.90 Å². The SMILES string of the molecule is CC(C)(C)OC(=O)N1CCC[C@@]1(CO)C(=O)OCc1ccccc1. The zero-order valence-electron chi connectivity index (χ0n) is 14.4. The van der Waals surface area contributed by atoms with Crippen molar-refractivity contribution in [3.63, 3.8) is 0 Å². The van der Waals surface area contributed by atoms with Gasteiger partial charge in [0.05, 0.1) is 6.61 Å². The van der Waals surface area contributed by atoms with Gasteiger partial charge in [0.15, 0.2) is 5.54 Å². The molecule has 1 N–H and O–H groups in total. The van der Waals surface area contributed by atoms with Gasteiger partial charge >= 0.3 is 12.1 Å². The summed E-state index contributed by atoms with van der Waals surface area (Å²) < 4.78 is 10.7. The van der Waals surface area contributed by atoms with E-state index in [0.29, 0.717) is 19.4 Å². The van der Waals surface area contributed by atoms with Crippen LogP contribution in [0.1, 0.15) is 39.2 Å². The standard InChI is InChI=1S/C18H25NO5/c1-17(2,3)24-16(22)19-11-7-10-18(19,13-20)15(21)23-12-14-8-5-4-6-9-14/h4-6,8-9,20H,7,10-13H2,1-3H3/t18-/m1/s1. The molecular weight excluding hydrogens is 310 g/mol. The number of aliphatic hydroxyl groups is 1. The van der Waals surface area contributed by atoms with Crippen molar-refractivity contribution in [2.75, 3.05) is 13.2 Å². The number of likely N-dealkylation sites (tertiary alicyclic amines) is 1. The fourth-order valence-electron chi connectivity index (χ4n) is 2.76. The molecule has 0 spiro atoms. The summed E-state index contributed by atoms with van der Waals surface area (Å²) in [7, 11) is 0. The minimum Gasteiger partial charge on any atom is -0.459 e. The maximum Gasteiger partial charge on any atom is 0.411 e. The quantitative estimate of drug-likeness (QED) is 0.856. The van der Waals surface area contributed by atoms with Crippen molar-refractivity contribution in [2.45, 2.75) is 51.4 Å². The molecule has 1 fully saturated rings. The molecule has 0 radical (unpaired) electrons. The summed E-state index contributed by atoms with van der Waals surface area (Å²) in [6, 6.07) is 9.28. The van der Waals surface area contributed by atoms with Gasteiger partial charge in [-0.2, -0.15) is 0 Å². The Morgan fingerprint density at radius 3 is 2.50 bits per heavy atom. The predicted octanol–water partition coefficient (Wildman–Crippen LogP) is 2.49. The molecule has 1 saturated heterocycles. The number of benzene rings is 1. The molecule has 1 amide bonds. The van der Waals surface area contributed by atoms with Crippen LogP contribution in [0.3, 0.4) is 0 Å². The van der Waals surface area contributed by atoms with Crippen molar-refractivity contribution in [3.8, 4) is 0 Å². The van der Waals surface area contributed by atoms with E-state index in [2.05, 4.69) is 0 Å². The van der Waals surface area contributed by atoms with E-state index in [1.807, 2.05) is 30.3 Å². The smallest absolute Gasteiger partial charge is 0.411 e. The molecule has 0 bridgehead atoms. The lowest BCUT2D eigenvalue weighted by atomic mass is 9.97. The van der Waals surface area contributed by atoms with Crippen LogP contribution in [0.2, 0.25) is 0 Å². The first-order valence-corrected chi connectivity index (χ1v) is 8.11. The van der Waals surface area contributed by atoms with E-state index >= 15 is 0 Å². The maximum absolute atomic E-state index is 12.6. The third-order valence-corrected chi connectivity index (χ3v) is 3.96. The van der Waals surface area contributed by atoms with E-state index < -0.39 is 29.8 Å². The second-order valence-corrected chi connectivity index (χ2v) is 6.99. The molecule has 0 unspecified atom stereocenters. The molecule has 0 aliphatic carbocycles. The molecule has 1 atom stereocenters. The molecule has 24 heavy (non-hydrogen) atoms.